The first kappa shape index (κ1) is 12.2. The number of hydrogen-bond acceptors (Lipinski definition) is 1. The first-order valence-corrected chi connectivity index (χ1v) is 4.63. The molecule has 15 heavy (non-hydrogen) atoms. The molecule has 0 aliphatic heterocycles. The van der Waals surface area contributed by atoms with Crippen LogP contribution in [0, 0.1) is 5.82 Å². The number of rotatable bonds is 1. The number of halogens is 1. The van der Waals surface area contributed by atoms with Gasteiger partial charge in [0.1, 0.15) is 11.6 Å². The summed E-state index contributed by atoms with van der Waals surface area (Å²) in [4.78, 5) is 0. The molecule has 1 radical (unpaired) electrons. The predicted octanol–water partition coefficient (Wildman–Crippen LogP) is 3.24. The number of fused-ring (bicyclic) bond motifs is 1. The van der Waals surface area contributed by atoms with Crippen molar-refractivity contribution in [1.82, 2.24) is 0 Å². The van der Waals surface area contributed by atoms with Gasteiger partial charge in [-0.15, -0.1) is 0 Å². The van der Waals surface area contributed by atoms with Gasteiger partial charge in [0.15, 0.2) is 0 Å². The van der Waals surface area contributed by atoms with Crippen molar-refractivity contribution >= 4 is 10.8 Å². The molecule has 2 rings (SSSR count). The van der Waals surface area contributed by atoms with Gasteiger partial charge in [-0.3, -0.25) is 0 Å². The molecule has 0 unspecified atom stereocenters. The Morgan fingerprint density at radius 3 is 2.60 bits per heavy atom. The zero-order chi connectivity index (χ0) is 10.1. The van der Waals surface area contributed by atoms with E-state index in [0.29, 0.717) is 17.4 Å². The summed E-state index contributed by atoms with van der Waals surface area (Å²) in [7, 11) is 0. The Labute approximate surface area is 101 Å². The first-order valence-electron chi connectivity index (χ1n) is 4.63. The minimum atomic E-state index is -0.249. The van der Waals surface area contributed by atoms with Gasteiger partial charge in [0.05, 0.1) is 0 Å². The largest absolute Gasteiger partial charge is 0.507 e. The molecule has 81 valence electrons. The average Bonchev–Trinajstić information content (AvgIpc) is 2.19. The molecule has 0 amide bonds. The third-order valence-electron chi connectivity index (χ3n) is 2.43. The second-order valence-electron chi connectivity index (χ2n) is 3.25. The first-order chi connectivity index (χ1) is 6.74. The molecule has 0 saturated heterocycles. The fourth-order valence-corrected chi connectivity index (χ4v) is 1.75. The number of aryl methyl sites for hydroxylation is 1. The zero-order valence-corrected chi connectivity index (χ0v) is 10.6. The van der Waals surface area contributed by atoms with Gasteiger partial charge in [-0.25, -0.2) is 4.39 Å². The van der Waals surface area contributed by atoms with Gasteiger partial charge in [0, 0.05) is 25.5 Å². The summed E-state index contributed by atoms with van der Waals surface area (Å²) in [5.74, 6) is -0.0969. The van der Waals surface area contributed by atoms with Gasteiger partial charge in [-0.2, -0.15) is 0 Å². The van der Waals surface area contributed by atoms with Crippen LogP contribution in [0.3, 0.4) is 0 Å². The van der Waals surface area contributed by atoms with E-state index in [1.165, 1.54) is 6.07 Å². The number of benzene rings is 2. The fraction of sp³-hybridized carbons (Fsp3) is 0.167. The molecular formula is C12H11FIrO. The number of hydrogen-bond donors (Lipinski definition) is 1. The Morgan fingerprint density at radius 1 is 1.20 bits per heavy atom. The molecule has 0 heterocycles. The van der Waals surface area contributed by atoms with Crippen LogP contribution in [0.1, 0.15) is 12.5 Å². The normalized spacial score (nSPS) is 10.0. The Bertz CT molecular complexity index is 482. The summed E-state index contributed by atoms with van der Waals surface area (Å²) in [6.07, 6.45) is 0.584. The van der Waals surface area contributed by atoms with Crippen molar-refractivity contribution in [3.05, 3.63) is 41.7 Å². The van der Waals surface area contributed by atoms with Gasteiger partial charge in [-0.1, -0.05) is 25.1 Å². The van der Waals surface area contributed by atoms with E-state index in [1.54, 1.807) is 18.2 Å². The van der Waals surface area contributed by atoms with Crippen molar-refractivity contribution in [2.24, 2.45) is 0 Å². The van der Waals surface area contributed by atoms with Crippen molar-refractivity contribution in [2.75, 3.05) is 0 Å². The molecular weight excluding hydrogens is 371 g/mol. The third-order valence-corrected chi connectivity index (χ3v) is 2.43. The minimum absolute atomic E-state index is 0. The van der Waals surface area contributed by atoms with Crippen molar-refractivity contribution in [3.63, 3.8) is 0 Å². The molecule has 0 fully saturated rings. The summed E-state index contributed by atoms with van der Waals surface area (Å²) in [6, 6.07) is 8.34. The second kappa shape index (κ2) is 4.73. The summed E-state index contributed by atoms with van der Waals surface area (Å²) in [6.45, 7) is 1.88. The van der Waals surface area contributed by atoms with Crippen LogP contribution in [0.5, 0.6) is 5.75 Å². The minimum Gasteiger partial charge on any atom is -0.507 e. The van der Waals surface area contributed by atoms with Crippen LogP contribution in [0.2, 0.25) is 0 Å². The van der Waals surface area contributed by atoms with Crippen molar-refractivity contribution in [1.29, 1.82) is 0 Å². The molecule has 3 heteroatoms. The van der Waals surface area contributed by atoms with Crippen molar-refractivity contribution in [3.8, 4) is 5.75 Å². The molecule has 0 bridgehead atoms. The van der Waals surface area contributed by atoms with E-state index >= 15 is 0 Å². The van der Waals surface area contributed by atoms with Gasteiger partial charge in [-0.05, 0) is 29.5 Å². The van der Waals surface area contributed by atoms with E-state index in [4.69, 9.17) is 0 Å². The van der Waals surface area contributed by atoms with Crippen LogP contribution in [0.15, 0.2) is 30.3 Å². The Balaban J connectivity index is 0.00000112. The van der Waals surface area contributed by atoms with Gasteiger partial charge >= 0.3 is 0 Å². The van der Waals surface area contributed by atoms with Crippen LogP contribution >= 0.6 is 0 Å². The molecule has 1 nitrogen and oxygen atoms in total. The van der Waals surface area contributed by atoms with Crippen molar-refractivity contribution in [2.45, 2.75) is 13.3 Å². The van der Waals surface area contributed by atoms with Crippen molar-refractivity contribution < 1.29 is 29.6 Å². The Morgan fingerprint density at radius 2 is 1.93 bits per heavy atom. The van der Waals surface area contributed by atoms with E-state index in [9.17, 15) is 9.50 Å². The Hall–Kier alpha value is -0.921. The molecule has 0 aromatic heterocycles. The molecule has 0 atom stereocenters. The summed E-state index contributed by atoms with van der Waals surface area (Å²) < 4.78 is 13.4. The van der Waals surface area contributed by atoms with E-state index in [1.807, 2.05) is 13.0 Å². The maximum atomic E-state index is 13.4. The van der Waals surface area contributed by atoms with E-state index < -0.39 is 0 Å². The molecule has 1 N–H and O–H groups in total. The SMILES string of the molecule is CCc1c(F)ccc2cccc(O)c12.[Ir]. The topological polar surface area (TPSA) is 20.2 Å². The van der Waals surface area contributed by atoms with Crippen LogP contribution in [-0.4, -0.2) is 5.11 Å². The van der Waals surface area contributed by atoms with Gasteiger partial charge in [0.25, 0.3) is 0 Å². The zero-order valence-electron chi connectivity index (χ0n) is 8.25. The van der Waals surface area contributed by atoms with Crippen LogP contribution < -0.4 is 0 Å². The third kappa shape index (κ3) is 2.04. The van der Waals surface area contributed by atoms with Gasteiger partial charge < -0.3 is 5.11 Å². The van der Waals surface area contributed by atoms with Gasteiger partial charge in [0.2, 0.25) is 0 Å². The quantitative estimate of drug-likeness (QED) is 0.803. The van der Waals surface area contributed by atoms with Crippen LogP contribution in [-0.2, 0) is 26.5 Å². The molecule has 0 aliphatic rings. The molecule has 2 aromatic rings. The van der Waals surface area contributed by atoms with Crippen LogP contribution in [0.4, 0.5) is 4.39 Å². The monoisotopic (exact) mass is 383 g/mol. The molecule has 0 spiro atoms. The van der Waals surface area contributed by atoms with Crippen LogP contribution in [0.25, 0.3) is 10.8 Å². The molecule has 0 saturated carbocycles. The molecule has 0 aliphatic carbocycles. The standard InChI is InChI=1S/C12H11FO.Ir/c1-2-9-10(13)7-6-8-4-3-5-11(14)12(8)9;/h3-7,14H,2H2,1H3;. The van der Waals surface area contributed by atoms with E-state index in [-0.39, 0.29) is 31.7 Å². The Kier molecular flexibility index (Phi) is 3.83. The predicted molar refractivity (Wildman–Crippen MR) is 54.9 cm³/mol. The summed E-state index contributed by atoms with van der Waals surface area (Å²) in [5.41, 5.74) is 0.584. The maximum Gasteiger partial charge on any atom is 0.127 e. The number of aromatic hydroxyl groups is 1. The van der Waals surface area contributed by atoms with E-state index in [0.717, 1.165) is 5.39 Å². The smallest absolute Gasteiger partial charge is 0.127 e. The number of phenols is 1. The van der Waals surface area contributed by atoms with E-state index in [2.05, 4.69) is 0 Å². The fourth-order valence-electron chi connectivity index (χ4n) is 1.75. The number of phenolic OH excluding ortho intramolecular Hbond substituents is 1. The summed E-state index contributed by atoms with van der Waals surface area (Å²) in [5, 5.41) is 11.2. The summed E-state index contributed by atoms with van der Waals surface area (Å²) >= 11 is 0. The second-order valence-corrected chi connectivity index (χ2v) is 3.25. The maximum absolute atomic E-state index is 13.4. The molecule has 2 aromatic carbocycles. The average molecular weight is 382 g/mol.